The fraction of sp³-hybridized carbons (Fsp3) is 0.273. The van der Waals surface area contributed by atoms with Gasteiger partial charge in [-0.25, -0.2) is 9.59 Å². The van der Waals surface area contributed by atoms with Crippen molar-refractivity contribution in [1.82, 2.24) is 5.32 Å². The number of hydrogen-bond donors (Lipinski definition) is 2. The molecule has 1 aromatic rings. The third-order valence-corrected chi connectivity index (χ3v) is 2.54. The molecule has 0 aliphatic rings. The number of nitrogens with one attached hydrogen (secondary N) is 1. The van der Waals surface area contributed by atoms with Gasteiger partial charge in [0.1, 0.15) is 0 Å². The van der Waals surface area contributed by atoms with Crippen molar-refractivity contribution in [3.8, 4) is 0 Å². The van der Waals surface area contributed by atoms with Gasteiger partial charge in [0.25, 0.3) is 0 Å². The van der Waals surface area contributed by atoms with Crippen molar-refractivity contribution in [2.24, 2.45) is 5.73 Å². The van der Waals surface area contributed by atoms with Gasteiger partial charge in [-0.05, 0) is 41.8 Å². The van der Waals surface area contributed by atoms with E-state index in [0.29, 0.717) is 6.42 Å². The van der Waals surface area contributed by atoms with E-state index in [1.807, 2.05) is 16.8 Å². The predicted molar refractivity (Wildman–Crippen MR) is 66.9 cm³/mol. The van der Waals surface area contributed by atoms with Gasteiger partial charge < -0.3 is 15.2 Å². The van der Waals surface area contributed by atoms with Crippen LogP contribution in [-0.4, -0.2) is 18.8 Å². The van der Waals surface area contributed by atoms with Gasteiger partial charge in [-0.3, -0.25) is 5.32 Å². The summed E-state index contributed by atoms with van der Waals surface area (Å²) in [5.41, 5.74) is 6.01. The number of carbonyl (C=O) groups excluding carboxylic acids is 2. The number of thiophene rings is 1. The Morgan fingerprint density at radius 3 is 2.89 bits per heavy atom. The molecule has 0 saturated heterocycles. The Labute approximate surface area is 108 Å². The molecule has 0 spiro atoms. The van der Waals surface area contributed by atoms with Gasteiger partial charge in [-0.15, -0.1) is 0 Å². The average molecular weight is 270 g/mol. The standard InChI is InChI=1S/C11H14N2O4S/c1-2-16-11(15)17-9(13-10(12)14)4-3-8-5-6-18-7-8/h4-7H,2-3H2,1H3,(H3,12,13,14)/b9-4+. The van der Waals surface area contributed by atoms with E-state index in [-0.39, 0.29) is 12.5 Å². The predicted octanol–water partition coefficient (Wildman–Crippen LogP) is 1.97. The van der Waals surface area contributed by atoms with Crippen LogP contribution in [0, 0.1) is 0 Å². The monoisotopic (exact) mass is 270 g/mol. The average Bonchev–Trinajstić information content (AvgIpc) is 2.78. The normalized spacial score (nSPS) is 10.8. The first kappa shape index (κ1) is 14.0. The molecule has 1 aromatic heterocycles. The van der Waals surface area contributed by atoms with Gasteiger partial charge in [0.05, 0.1) is 6.61 Å². The van der Waals surface area contributed by atoms with Gasteiger partial charge in [-0.1, -0.05) is 0 Å². The molecule has 0 fully saturated rings. The highest BCUT2D eigenvalue weighted by Gasteiger charge is 2.09. The molecule has 6 nitrogen and oxygen atoms in total. The molecular weight excluding hydrogens is 256 g/mol. The molecule has 1 heterocycles. The summed E-state index contributed by atoms with van der Waals surface area (Å²) in [6.45, 7) is 1.84. The lowest BCUT2D eigenvalue weighted by Crippen LogP contribution is -2.31. The van der Waals surface area contributed by atoms with Crippen LogP contribution in [0.1, 0.15) is 12.5 Å². The van der Waals surface area contributed by atoms with Crippen LogP contribution in [0.2, 0.25) is 0 Å². The molecule has 1 rings (SSSR count). The van der Waals surface area contributed by atoms with E-state index in [0.717, 1.165) is 5.56 Å². The molecule has 0 radical (unpaired) electrons. The van der Waals surface area contributed by atoms with E-state index in [4.69, 9.17) is 10.5 Å². The summed E-state index contributed by atoms with van der Waals surface area (Å²) >= 11 is 1.55. The topological polar surface area (TPSA) is 90.7 Å². The number of amides is 2. The van der Waals surface area contributed by atoms with Gasteiger partial charge in [0, 0.05) is 0 Å². The molecule has 7 heteroatoms. The van der Waals surface area contributed by atoms with Crippen molar-refractivity contribution in [2.75, 3.05) is 6.61 Å². The quantitative estimate of drug-likeness (QED) is 0.632. The number of urea groups is 1. The number of carbonyl (C=O) groups is 2. The fourth-order valence-electron chi connectivity index (χ4n) is 1.10. The Bertz CT molecular complexity index is 428. The van der Waals surface area contributed by atoms with Crippen molar-refractivity contribution in [2.45, 2.75) is 13.3 Å². The summed E-state index contributed by atoms with van der Waals surface area (Å²) in [5, 5.41) is 6.09. The van der Waals surface area contributed by atoms with Gasteiger partial charge in [0.2, 0.25) is 5.88 Å². The maximum atomic E-state index is 11.1. The van der Waals surface area contributed by atoms with Gasteiger partial charge >= 0.3 is 12.2 Å². The maximum absolute atomic E-state index is 11.1. The van der Waals surface area contributed by atoms with Crippen LogP contribution < -0.4 is 11.1 Å². The van der Waals surface area contributed by atoms with Crippen molar-refractivity contribution in [1.29, 1.82) is 0 Å². The minimum absolute atomic E-state index is 0.0350. The van der Waals surface area contributed by atoms with Gasteiger partial charge in [-0.2, -0.15) is 11.3 Å². The van der Waals surface area contributed by atoms with Crippen molar-refractivity contribution >= 4 is 23.5 Å². The number of ether oxygens (including phenoxy) is 2. The second kappa shape index (κ2) is 7.33. The Hall–Kier alpha value is -2.02. The summed E-state index contributed by atoms with van der Waals surface area (Å²) in [5.74, 6) is -0.0350. The van der Waals surface area contributed by atoms with E-state index < -0.39 is 12.2 Å². The lowest BCUT2D eigenvalue weighted by molar-refractivity contribution is 0.0780. The SMILES string of the molecule is CCOC(=O)O/C(=C/Cc1ccsc1)NC(N)=O. The zero-order valence-corrected chi connectivity index (χ0v) is 10.7. The van der Waals surface area contributed by atoms with Crippen molar-refractivity contribution in [3.05, 3.63) is 34.3 Å². The summed E-state index contributed by atoms with van der Waals surface area (Å²) < 4.78 is 9.39. The minimum Gasteiger partial charge on any atom is -0.434 e. The number of hydrogen-bond acceptors (Lipinski definition) is 5. The summed E-state index contributed by atoms with van der Waals surface area (Å²) in [7, 11) is 0. The van der Waals surface area contributed by atoms with E-state index in [2.05, 4.69) is 10.1 Å². The first-order valence-corrected chi connectivity index (χ1v) is 6.18. The van der Waals surface area contributed by atoms with Crippen LogP contribution in [0.15, 0.2) is 28.8 Å². The van der Waals surface area contributed by atoms with Crippen molar-refractivity contribution in [3.63, 3.8) is 0 Å². The second-order valence-electron chi connectivity index (χ2n) is 3.18. The number of nitrogens with two attached hydrogens (primary N) is 1. The van der Waals surface area contributed by atoms with Crippen LogP contribution in [0.25, 0.3) is 0 Å². The molecule has 0 unspecified atom stereocenters. The van der Waals surface area contributed by atoms with E-state index in [1.165, 1.54) is 0 Å². The molecule has 2 amide bonds. The van der Waals surface area contributed by atoms with Crippen LogP contribution in [0.4, 0.5) is 9.59 Å². The van der Waals surface area contributed by atoms with Crippen LogP contribution >= 0.6 is 11.3 Å². The maximum Gasteiger partial charge on any atom is 0.515 e. The highest BCUT2D eigenvalue weighted by Crippen LogP contribution is 2.08. The number of rotatable bonds is 5. The molecule has 0 atom stereocenters. The highest BCUT2D eigenvalue weighted by molar-refractivity contribution is 7.07. The molecule has 0 aromatic carbocycles. The zero-order valence-electron chi connectivity index (χ0n) is 9.84. The second-order valence-corrected chi connectivity index (χ2v) is 3.96. The Kier molecular flexibility index (Phi) is 5.72. The fourth-order valence-corrected chi connectivity index (χ4v) is 1.78. The molecule has 0 saturated carbocycles. The molecule has 18 heavy (non-hydrogen) atoms. The molecule has 0 bridgehead atoms. The van der Waals surface area contributed by atoms with Crippen LogP contribution in [-0.2, 0) is 15.9 Å². The van der Waals surface area contributed by atoms with Gasteiger partial charge in [0.15, 0.2) is 0 Å². The summed E-state index contributed by atoms with van der Waals surface area (Å²) in [4.78, 5) is 21.9. The van der Waals surface area contributed by atoms with Crippen LogP contribution in [0.3, 0.4) is 0 Å². The Balaban J connectivity index is 2.61. The smallest absolute Gasteiger partial charge is 0.434 e. The first-order chi connectivity index (χ1) is 8.61. The largest absolute Gasteiger partial charge is 0.515 e. The summed E-state index contributed by atoms with van der Waals surface area (Å²) in [6.07, 6.45) is 1.17. The number of allylic oxidation sites excluding steroid dienone is 1. The van der Waals surface area contributed by atoms with E-state index in [1.54, 1.807) is 24.3 Å². The minimum atomic E-state index is -0.886. The van der Waals surface area contributed by atoms with Crippen molar-refractivity contribution < 1.29 is 19.1 Å². The number of primary amides is 1. The van der Waals surface area contributed by atoms with E-state index >= 15 is 0 Å². The lowest BCUT2D eigenvalue weighted by atomic mass is 10.2. The zero-order chi connectivity index (χ0) is 13.4. The molecule has 0 aliphatic carbocycles. The van der Waals surface area contributed by atoms with E-state index in [9.17, 15) is 9.59 Å². The Morgan fingerprint density at radius 2 is 2.33 bits per heavy atom. The molecule has 98 valence electrons. The summed E-state index contributed by atoms with van der Waals surface area (Å²) in [6, 6.07) is 1.11. The van der Waals surface area contributed by atoms with Crippen LogP contribution in [0.5, 0.6) is 0 Å². The first-order valence-electron chi connectivity index (χ1n) is 5.24. The molecule has 3 N–H and O–H groups in total. The lowest BCUT2D eigenvalue weighted by Gasteiger charge is -2.08. The third-order valence-electron chi connectivity index (χ3n) is 1.81. The highest BCUT2D eigenvalue weighted by atomic mass is 32.1. The third kappa shape index (κ3) is 5.35. The molecule has 0 aliphatic heterocycles. The molecular formula is C11H14N2O4S. The Morgan fingerprint density at radius 1 is 1.56 bits per heavy atom.